The highest BCUT2D eigenvalue weighted by atomic mass is 16.5. The number of hydrogen-bond acceptors (Lipinski definition) is 5. The van der Waals surface area contributed by atoms with Gasteiger partial charge in [-0.25, -0.2) is 0 Å². The van der Waals surface area contributed by atoms with E-state index in [0.29, 0.717) is 18.1 Å². The molecular formula is C26H32N2O3. The summed E-state index contributed by atoms with van der Waals surface area (Å²) in [7, 11) is 5.13. The topological polar surface area (TPSA) is 43.0 Å². The minimum Gasteiger partial charge on any atom is -0.497 e. The van der Waals surface area contributed by atoms with Crippen molar-refractivity contribution in [1.82, 2.24) is 10.2 Å². The lowest BCUT2D eigenvalue weighted by atomic mass is 9.81. The van der Waals surface area contributed by atoms with Crippen LogP contribution in [0.5, 0.6) is 17.2 Å². The summed E-state index contributed by atoms with van der Waals surface area (Å²) in [5, 5.41) is 8.86. The lowest BCUT2D eigenvalue weighted by Gasteiger charge is -2.41. The first-order valence-corrected chi connectivity index (χ1v) is 11.2. The molecule has 2 heterocycles. The molecule has 2 aliphatic rings. The van der Waals surface area contributed by atoms with E-state index in [9.17, 15) is 0 Å². The highest BCUT2D eigenvalue weighted by Crippen LogP contribution is 2.47. The average molecular weight is 421 g/mol. The monoisotopic (exact) mass is 420 g/mol. The summed E-state index contributed by atoms with van der Waals surface area (Å²) in [6, 6.07) is 12.0. The van der Waals surface area contributed by atoms with Gasteiger partial charge in [-0.15, -0.1) is 0 Å². The van der Waals surface area contributed by atoms with Gasteiger partial charge >= 0.3 is 0 Å². The van der Waals surface area contributed by atoms with Crippen molar-refractivity contribution in [3.8, 4) is 17.2 Å². The number of nitrogens with zero attached hydrogens (tertiary/aromatic N) is 1. The van der Waals surface area contributed by atoms with Crippen LogP contribution in [0.15, 0.2) is 30.3 Å². The largest absolute Gasteiger partial charge is 0.497 e. The Kier molecular flexibility index (Phi) is 5.19. The average Bonchev–Trinajstić information content (AvgIpc) is 3.26. The Bertz CT molecular complexity index is 1140. The SMILES string of the molecule is COc1ccc2c3c(c4cc(OC)c(OC)cc4c2c1)CN1CCC[C@H]1[C@H]3NC(C)C. The molecule has 1 fully saturated rings. The third-order valence-corrected chi connectivity index (χ3v) is 6.97. The van der Waals surface area contributed by atoms with E-state index in [1.54, 1.807) is 21.3 Å². The summed E-state index contributed by atoms with van der Waals surface area (Å²) in [6.45, 7) is 6.63. The first-order valence-electron chi connectivity index (χ1n) is 11.2. The Morgan fingerprint density at radius 3 is 2.29 bits per heavy atom. The second kappa shape index (κ2) is 7.88. The van der Waals surface area contributed by atoms with Gasteiger partial charge in [0.2, 0.25) is 0 Å². The number of ether oxygens (including phenoxy) is 3. The molecule has 0 aromatic heterocycles. The Morgan fingerprint density at radius 1 is 0.903 bits per heavy atom. The molecule has 5 nitrogen and oxygen atoms in total. The van der Waals surface area contributed by atoms with Crippen LogP contribution < -0.4 is 19.5 Å². The lowest BCUT2D eigenvalue weighted by Crippen LogP contribution is -2.46. The maximum absolute atomic E-state index is 5.69. The van der Waals surface area contributed by atoms with Crippen LogP contribution in [0.3, 0.4) is 0 Å². The van der Waals surface area contributed by atoms with Gasteiger partial charge in [0.15, 0.2) is 11.5 Å². The predicted molar refractivity (Wildman–Crippen MR) is 126 cm³/mol. The van der Waals surface area contributed by atoms with E-state index in [-0.39, 0.29) is 0 Å². The first-order chi connectivity index (χ1) is 15.0. The summed E-state index contributed by atoms with van der Waals surface area (Å²) in [5.41, 5.74) is 2.85. The molecule has 164 valence electrons. The standard InChI is InChI=1S/C26H32N2O3/c1-15(2)27-26-22-7-6-10-28(22)14-21-20-13-24(31-5)23(30-4)12-19(20)18-11-16(29-3)8-9-17(18)25(21)26/h8-9,11-13,15,22,26-27H,6-7,10,14H2,1-5H3/t22-,26+/m0/s1. The number of rotatable bonds is 5. The zero-order valence-corrected chi connectivity index (χ0v) is 19.1. The zero-order chi connectivity index (χ0) is 21.7. The molecule has 5 heteroatoms. The Morgan fingerprint density at radius 2 is 1.61 bits per heavy atom. The van der Waals surface area contributed by atoms with Crippen LogP contribution >= 0.6 is 0 Å². The molecule has 0 saturated carbocycles. The van der Waals surface area contributed by atoms with Crippen LogP contribution in [0, 0.1) is 0 Å². The molecule has 0 amide bonds. The molecule has 0 aliphatic carbocycles. The van der Waals surface area contributed by atoms with Crippen LogP contribution in [-0.4, -0.2) is 44.9 Å². The predicted octanol–water partition coefficient (Wildman–Crippen LogP) is 5.04. The van der Waals surface area contributed by atoms with E-state index in [1.165, 1.54) is 45.5 Å². The van der Waals surface area contributed by atoms with Crippen molar-refractivity contribution >= 4 is 21.5 Å². The van der Waals surface area contributed by atoms with Gasteiger partial charge < -0.3 is 19.5 Å². The molecular weight excluding hydrogens is 388 g/mol. The molecule has 31 heavy (non-hydrogen) atoms. The Balaban J connectivity index is 1.89. The van der Waals surface area contributed by atoms with Gasteiger partial charge in [0.05, 0.1) is 21.3 Å². The van der Waals surface area contributed by atoms with E-state index in [2.05, 4.69) is 54.4 Å². The molecule has 0 unspecified atom stereocenters. The molecule has 0 radical (unpaired) electrons. The fraction of sp³-hybridized carbons (Fsp3) is 0.462. The molecule has 3 aromatic rings. The summed E-state index contributed by atoms with van der Waals surface area (Å²) >= 11 is 0. The second-order valence-electron chi connectivity index (χ2n) is 9.04. The van der Waals surface area contributed by atoms with Crippen molar-refractivity contribution in [2.75, 3.05) is 27.9 Å². The van der Waals surface area contributed by atoms with Gasteiger partial charge in [-0.1, -0.05) is 19.9 Å². The summed E-state index contributed by atoms with van der Waals surface area (Å²) in [4.78, 5) is 2.66. The zero-order valence-electron chi connectivity index (χ0n) is 19.1. The Labute approximate surface area is 184 Å². The number of benzene rings is 3. The molecule has 1 N–H and O–H groups in total. The van der Waals surface area contributed by atoms with Crippen molar-refractivity contribution in [3.63, 3.8) is 0 Å². The maximum atomic E-state index is 5.69. The van der Waals surface area contributed by atoms with Crippen LogP contribution in [0.4, 0.5) is 0 Å². The minimum absolute atomic E-state index is 0.305. The third kappa shape index (κ3) is 3.22. The van der Waals surface area contributed by atoms with Crippen molar-refractivity contribution < 1.29 is 14.2 Å². The number of nitrogens with one attached hydrogen (secondary N) is 1. The quantitative estimate of drug-likeness (QED) is 0.586. The van der Waals surface area contributed by atoms with Crippen molar-refractivity contribution in [1.29, 1.82) is 0 Å². The van der Waals surface area contributed by atoms with E-state index in [1.807, 2.05) is 0 Å². The molecule has 0 bridgehead atoms. The van der Waals surface area contributed by atoms with Crippen molar-refractivity contribution in [2.45, 2.75) is 51.4 Å². The van der Waals surface area contributed by atoms with Gasteiger partial charge in [0.25, 0.3) is 0 Å². The summed E-state index contributed by atoms with van der Waals surface area (Å²) in [6.07, 6.45) is 2.50. The van der Waals surface area contributed by atoms with Crippen LogP contribution in [0.25, 0.3) is 21.5 Å². The Hall–Kier alpha value is -2.50. The smallest absolute Gasteiger partial charge is 0.161 e. The first kappa shape index (κ1) is 20.4. The van der Waals surface area contributed by atoms with Crippen molar-refractivity contribution in [2.24, 2.45) is 0 Å². The fourth-order valence-corrected chi connectivity index (χ4v) is 5.67. The second-order valence-corrected chi connectivity index (χ2v) is 9.04. The van der Waals surface area contributed by atoms with Crippen LogP contribution in [0.1, 0.15) is 43.9 Å². The number of methoxy groups -OCH3 is 3. The van der Waals surface area contributed by atoms with Crippen LogP contribution in [0.2, 0.25) is 0 Å². The number of fused-ring (bicyclic) bond motifs is 7. The molecule has 2 atom stereocenters. The van der Waals surface area contributed by atoms with Crippen LogP contribution in [-0.2, 0) is 6.54 Å². The van der Waals surface area contributed by atoms with Crippen molar-refractivity contribution in [3.05, 3.63) is 41.5 Å². The maximum Gasteiger partial charge on any atom is 0.161 e. The molecule has 5 rings (SSSR count). The molecule has 3 aromatic carbocycles. The minimum atomic E-state index is 0.305. The fourth-order valence-electron chi connectivity index (χ4n) is 5.67. The third-order valence-electron chi connectivity index (χ3n) is 6.97. The van der Waals surface area contributed by atoms with Gasteiger partial charge in [-0.3, -0.25) is 4.90 Å². The van der Waals surface area contributed by atoms with Gasteiger partial charge in [0, 0.05) is 24.7 Å². The van der Waals surface area contributed by atoms with E-state index in [4.69, 9.17) is 14.2 Å². The number of hydrogen-bond donors (Lipinski definition) is 1. The van der Waals surface area contributed by atoms with Gasteiger partial charge in [0.1, 0.15) is 5.75 Å². The van der Waals surface area contributed by atoms with E-state index < -0.39 is 0 Å². The summed E-state index contributed by atoms with van der Waals surface area (Å²) < 4.78 is 16.9. The van der Waals surface area contributed by atoms with E-state index in [0.717, 1.165) is 30.3 Å². The highest BCUT2D eigenvalue weighted by Gasteiger charge is 2.40. The lowest BCUT2D eigenvalue weighted by molar-refractivity contribution is 0.175. The molecule has 2 aliphatic heterocycles. The molecule has 0 spiro atoms. The highest BCUT2D eigenvalue weighted by molar-refractivity contribution is 6.12. The van der Waals surface area contributed by atoms with E-state index >= 15 is 0 Å². The van der Waals surface area contributed by atoms with Gasteiger partial charge in [-0.05, 0) is 76.3 Å². The molecule has 1 saturated heterocycles. The van der Waals surface area contributed by atoms with Gasteiger partial charge in [-0.2, -0.15) is 0 Å². The summed E-state index contributed by atoms with van der Waals surface area (Å²) in [5.74, 6) is 2.40. The normalized spacial score (nSPS) is 20.8.